The Bertz CT molecular complexity index is 527. The smallest absolute Gasteiger partial charge is 0.341 e. The monoisotopic (exact) mass is 328 g/mol. The highest BCUT2D eigenvalue weighted by atomic mass is 19.2. The summed E-state index contributed by atoms with van der Waals surface area (Å²) in [6.07, 6.45) is 11.7. The van der Waals surface area contributed by atoms with E-state index in [1.807, 2.05) is 6.08 Å². The largest absolute Gasteiger partial charge is 0.458 e. The standard InChI is InChI=1S/C18H23F3O2/c1-2-3-4-5-6-7-8-9-10-13-23-18(22)14-11-12-15(19)17(21)16(14)20/h9-12H,2-8,13H2,1H3/b10-9+. The van der Waals surface area contributed by atoms with Gasteiger partial charge in [0.15, 0.2) is 17.5 Å². The molecule has 0 aromatic heterocycles. The van der Waals surface area contributed by atoms with E-state index in [-0.39, 0.29) is 6.61 Å². The summed E-state index contributed by atoms with van der Waals surface area (Å²) in [5, 5.41) is 0. The van der Waals surface area contributed by atoms with E-state index in [0.717, 1.165) is 18.9 Å². The van der Waals surface area contributed by atoms with Crippen molar-refractivity contribution in [2.75, 3.05) is 6.61 Å². The normalized spacial score (nSPS) is 11.1. The van der Waals surface area contributed by atoms with Crippen LogP contribution in [0.2, 0.25) is 0 Å². The summed E-state index contributed by atoms with van der Waals surface area (Å²) >= 11 is 0. The van der Waals surface area contributed by atoms with Crippen molar-refractivity contribution >= 4 is 5.97 Å². The molecule has 0 bridgehead atoms. The summed E-state index contributed by atoms with van der Waals surface area (Å²) in [6, 6.07) is 1.57. The molecule has 128 valence electrons. The van der Waals surface area contributed by atoms with Crippen molar-refractivity contribution in [2.45, 2.75) is 51.9 Å². The van der Waals surface area contributed by atoms with E-state index in [0.29, 0.717) is 6.07 Å². The van der Waals surface area contributed by atoms with Crippen molar-refractivity contribution in [3.8, 4) is 0 Å². The molecule has 0 amide bonds. The molecule has 5 heteroatoms. The molecule has 1 aromatic carbocycles. The molecule has 0 saturated heterocycles. The summed E-state index contributed by atoms with van der Waals surface area (Å²) < 4.78 is 44.0. The third-order valence-corrected chi connectivity index (χ3v) is 3.46. The van der Waals surface area contributed by atoms with Crippen LogP contribution in [0.3, 0.4) is 0 Å². The number of rotatable bonds is 10. The molecule has 0 unspecified atom stereocenters. The minimum absolute atomic E-state index is 0.0207. The van der Waals surface area contributed by atoms with Gasteiger partial charge in [-0.3, -0.25) is 0 Å². The molecule has 0 atom stereocenters. The number of ether oxygens (including phenoxy) is 1. The van der Waals surface area contributed by atoms with Crippen LogP contribution in [0.4, 0.5) is 13.2 Å². The van der Waals surface area contributed by atoms with Gasteiger partial charge in [0.2, 0.25) is 0 Å². The first-order valence-electron chi connectivity index (χ1n) is 8.03. The van der Waals surface area contributed by atoms with Gasteiger partial charge in [-0.15, -0.1) is 0 Å². The molecule has 0 aliphatic carbocycles. The number of unbranched alkanes of at least 4 members (excludes halogenated alkanes) is 6. The summed E-state index contributed by atoms with van der Waals surface area (Å²) in [7, 11) is 0. The Kier molecular flexibility index (Phi) is 9.10. The molecule has 0 saturated carbocycles. The highest BCUT2D eigenvalue weighted by Gasteiger charge is 2.19. The lowest BCUT2D eigenvalue weighted by molar-refractivity contribution is 0.0542. The van der Waals surface area contributed by atoms with Gasteiger partial charge in [0.05, 0.1) is 5.56 Å². The van der Waals surface area contributed by atoms with Gasteiger partial charge >= 0.3 is 5.97 Å². The number of carbonyl (C=O) groups excluding carboxylic acids is 1. The average molecular weight is 328 g/mol. The molecule has 0 radical (unpaired) electrons. The molecule has 0 heterocycles. The number of benzene rings is 1. The maximum atomic E-state index is 13.4. The fourth-order valence-corrected chi connectivity index (χ4v) is 2.11. The van der Waals surface area contributed by atoms with Crippen LogP contribution in [-0.2, 0) is 4.74 Å². The maximum Gasteiger partial charge on any atom is 0.341 e. The summed E-state index contributed by atoms with van der Waals surface area (Å²) in [6.45, 7) is 2.16. The second-order valence-corrected chi connectivity index (χ2v) is 5.35. The van der Waals surface area contributed by atoms with Crippen LogP contribution >= 0.6 is 0 Å². The van der Waals surface area contributed by atoms with Gasteiger partial charge < -0.3 is 4.74 Å². The van der Waals surface area contributed by atoms with Crippen molar-refractivity contribution < 1.29 is 22.7 Å². The van der Waals surface area contributed by atoms with Crippen LogP contribution in [-0.4, -0.2) is 12.6 Å². The van der Waals surface area contributed by atoms with Crippen LogP contribution in [0, 0.1) is 17.5 Å². The molecule has 0 spiro atoms. The number of allylic oxidation sites excluding steroid dienone is 1. The molecule has 1 rings (SSSR count). The molecule has 0 N–H and O–H groups in total. The van der Waals surface area contributed by atoms with Gasteiger partial charge in [-0.25, -0.2) is 18.0 Å². The summed E-state index contributed by atoms with van der Waals surface area (Å²) in [5.41, 5.74) is -0.603. The van der Waals surface area contributed by atoms with Crippen LogP contribution < -0.4 is 0 Å². The van der Waals surface area contributed by atoms with Gasteiger partial charge in [-0.2, -0.15) is 0 Å². The molecule has 1 aromatic rings. The Morgan fingerprint density at radius 1 is 1.00 bits per heavy atom. The Morgan fingerprint density at radius 3 is 2.43 bits per heavy atom. The van der Waals surface area contributed by atoms with Crippen LogP contribution in [0.5, 0.6) is 0 Å². The van der Waals surface area contributed by atoms with E-state index in [1.54, 1.807) is 6.08 Å². The first-order valence-corrected chi connectivity index (χ1v) is 8.03. The first-order chi connectivity index (χ1) is 11.1. The fraction of sp³-hybridized carbons (Fsp3) is 0.500. The fourth-order valence-electron chi connectivity index (χ4n) is 2.11. The number of carbonyl (C=O) groups is 1. The van der Waals surface area contributed by atoms with Crippen molar-refractivity contribution in [1.29, 1.82) is 0 Å². The van der Waals surface area contributed by atoms with Crippen LogP contribution in [0.1, 0.15) is 62.2 Å². The molecular formula is C18H23F3O2. The lowest BCUT2D eigenvalue weighted by atomic mass is 10.1. The zero-order chi connectivity index (χ0) is 17.1. The van der Waals surface area contributed by atoms with Crippen molar-refractivity contribution in [3.63, 3.8) is 0 Å². The second-order valence-electron chi connectivity index (χ2n) is 5.35. The maximum absolute atomic E-state index is 13.4. The Hall–Kier alpha value is -1.78. The number of halogens is 3. The SMILES string of the molecule is CCCCCCCC/C=C/COC(=O)c1ccc(F)c(F)c1F. The van der Waals surface area contributed by atoms with Gasteiger partial charge in [0.25, 0.3) is 0 Å². The Morgan fingerprint density at radius 2 is 1.70 bits per heavy atom. The minimum atomic E-state index is -1.67. The van der Waals surface area contributed by atoms with E-state index < -0.39 is 29.0 Å². The second kappa shape index (κ2) is 10.9. The molecule has 23 heavy (non-hydrogen) atoms. The van der Waals surface area contributed by atoms with E-state index >= 15 is 0 Å². The Balaban J connectivity index is 2.24. The first kappa shape index (κ1) is 19.3. The predicted octanol–water partition coefficient (Wildman–Crippen LogP) is 5.57. The highest BCUT2D eigenvalue weighted by Crippen LogP contribution is 2.16. The zero-order valence-electron chi connectivity index (χ0n) is 13.4. The molecule has 2 nitrogen and oxygen atoms in total. The van der Waals surface area contributed by atoms with Crippen molar-refractivity contribution in [2.24, 2.45) is 0 Å². The molecule has 0 aliphatic heterocycles. The van der Waals surface area contributed by atoms with Crippen molar-refractivity contribution in [3.05, 3.63) is 47.3 Å². The van der Waals surface area contributed by atoms with Crippen molar-refractivity contribution in [1.82, 2.24) is 0 Å². The zero-order valence-corrected chi connectivity index (χ0v) is 13.4. The Labute approximate surface area is 135 Å². The predicted molar refractivity (Wildman–Crippen MR) is 83.7 cm³/mol. The third kappa shape index (κ3) is 6.89. The minimum Gasteiger partial charge on any atom is -0.458 e. The molecule has 0 fully saturated rings. The van der Waals surface area contributed by atoms with E-state index in [4.69, 9.17) is 4.74 Å². The van der Waals surface area contributed by atoms with Gasteiger partial charge in [-0.05, 0) is 25.0 Å². The molecule has 0 aliphatic rings. The van der Waals surface area contributed by atoms with Crippen LogP contribution in [0.15, 0.2) is 24.3 Å². The number of esters is 1. The van der Waals surface area contributed by atoms with E-state index in [2.05, 4.69) is 6.92 Å². The lowest BCUT2D eigenvalue weighted by Crippen LogP contribution is -2.09. The average Bonchev–Trinajstić information content (AvgIpc) is 2.54. The van der Waals surface area contributed by atoms with Crippen LogP contribution in [0.25, 0.3) is 0 Å². The van der Waals surface area contributed by atoms with E-state index in [9.17, 15) is 18.0 Å². The molecular weight excluding hydrogens is 305 g/mol. The summed E-state index contributed by atoms with van der Waals surface area (Å²) in [4.78, 5) is 11.6. The van der Waals surface area contributed by atoms with Gasteiger partial charge in [-0.1, -0.05) is 51.2 Å². The lowest BCUT2D eigenvalue weighted by Gasteiger charge is -2.04. The van der Waals surface area contributed by atoms with E-state index in [1.165, 1.54) is 32.1 Å². The summed E-state index contributed by atoms with van der Waals surface area (Å²) in [5.74, 6) is -5.53. The topological polar surface area (TPSA) is 26.3 Å². The highest BCUT2D eigenvalue weighted by molar-refractivity contribution is 5.89. The quantitative estimate of drug-likeness (QED) is 0.243. The number of hydrogen-bond acceptors (Lipinski definition) is 2. The van der Waals surface area contributed by atoms with Gasteiger partial charge in [0.1, 0.15) is 6.61 Å². The van der Waals surface area contributed by atoms with Gasteiger partial charge in [0, 0.05) is 0 Å². The number of hydrogen-bond donors (Lipinski definition) is 0. The third-order valence-electron chi connectivity index (χ3n) is 3.46.